The van der Waals surface area contributed by atoms with Gasteiger partial charge in [-0.15, -0.1) is 0 Å². The summed E-state index contributed by atoms with van der Waals surface area (Å²) < 4.78 is 0. The largest absolute Gasteiger partial charge is 0.340 e. The average Bonchev–Trinajstić information content (AvgIpc) is 2.81. The fourth-order valence-corrected chi connectivity index (χ4v) is 3.81. The van der Waals surface area contributed by atoms with Gasteiger partial charge >= 0.3 is 0 Å². The Morgan fingerprint density at radius 3 is 2.00 bits per heavy atom. The summed E-state index contributed by atoms with van der Waals surface area (Å²) in [6, 6.07) is 29.1. The predicted octanol–water partition coefficient (Wildman–Crippen LogP) is 4.75. The third kappa shape index (κ3) is 5.46. The topological polar surface area (TPSA) is 23.6 Å². The van der Waals surface area contributed by atoms with Crippen LogP contribution in [0.4, 0.5) is 0 Å². The number of hydrogen-bond acceptors (Lipinski definition) is 2. The first-order valence-electron chi connectivity index (χ1n) is 10.6. The predicted molar refractivity (Wildman–Crippen MR) is 124 cm³/mol. The van der Waals surface area contributed by atoms with Crippen molar-refractivity contribution in [1.29, 1.82) is 0 Å². The first-order valence-corrected chi connectivity index (χ1v) is 10.6. The minimum Gasteiger partial charge on any atom is -0.340 e. The maximum atomic E-state index is 12.7. The number of carbonyl (C=O) groups is 1. The first kappa shape index (κ1) is 20.1. The molecular weight excluding hydrogens is 368 g/mol. The molecule has 1 saturated heterocycles. The van der Waals surface area contributed by atoms with E-state index >= 15 is 0 Å². The molecule has 0 radical (unpaired) electrons. The molecule has 4 rings (SSSR count). The number of benzene rings is 3. The third-order valence-electron chi connectivity index (χ3n) is 5.61. The Hall–Kier alpha value is -3.17. The van der Waals surface area contributed by atoms with Gasteiger partial charge in [0.15, 0.2) is 0 Å². The third-order valence-corrected chi connectivity index (χ3v) is 5.61. The number of hydrogen-bond donors (Lipinski definition) is 0. The fraction of sp³-hybridized carbons (Fsp3) is 0.222. The molecule has 0 aromatic heterocycles. The van der Waals surface area contributed by atoms with Crippen molar-refractivity contribution in [2.24, 2.45) is 0 Å². The van der Waals surface area contributed by atoms with Crippen molar-refractivity contribution in [2.75, 3.05) is 32.7 Å². The highest BCUT2D eigenvalue weighted by Gasteiger charge is 2.20. The highest BCUT2D eigenvalue weighted by atomic mass is 16.2. The van der Waals surface area contributed by atoms with Crippen LogP contribution < -0.4 is 0 Å². The lowest BCUT2D eigenvalue weighted by Gasteiger charge is -2.34. The van der Waals surface area contributed by atoms with Crippen LogP contribution in [0.2, 0.25) is 0 Å². The van der Waals surface area contributed by atoms with E-state index < -0.39 is 0 Å². The van der Waals surface area contributed by atoms with Crippen LogP contribution in [0.3, 0.4) is 0 Å². The van der Waals surface area contributed by atoms with E-state index in [0.29, 0.717) is 6.42 Å². The van der Waals surface area contributed by atoms with Crippen LogP contribution in [-0.4, -0.2) is 48.4 Å². The zero-order valence-electron chi connectivity index (χ0n) is 17.3. The van der Waals surface area contributed by atoms with Gasteiger partial charge in [-0.05, 0) is 22.3 Å². The normalized spacial score (nSPS) is 14.9. The first-order chi connectivity index (χ1) is 14.8. The van der Waals surface area contributed by atoms with Crippen LogP contribution in [0, 0.1) is 0 Å². The minimum atomic E-state index is 0.224. The summed E-state index contributed by atoms with van der Waals surface area (Å²) in [6.45, 7) is 4.40. The van der Waals surface area contributed by atoms with Gasteiger partial charge in [0.05, 0.1) is 6.42 Å². The van der Waals surface area contributed by atoms with E-state index in [-0.39, 0.29) is 5.91 Å². The van der Waals surface area contributed by atoms with Gasteiger partial charge in [-0.1, -0.05) is 97.1 Å². The van der Waals surface area contributed by atoms with Gasteiger partial charge in [0.25, 0.3) is 0 Å². The zero-order chi connectivity index (χ0) is 20.6. The Balaban J connectivity index is 1.24. The van der Waals surface area contributed by atoms with Crippen molar-refractivity contribution in [2.45, 2.75) is 6.42 Å². The molecule has 0 N–H and O–H groups in total. The lowest BCUT2D eigenvalue weighted by molar-refractivity contribution is -0.132. The summed E-state index contributed by atoms with van der Waals surface area (Å²) in [5.41, 5.74) is 4.69. The Kier molecular flexibility index (Phi) is 6.73. The lowest BCUT2D eigenvalue weighted by atomic mass is 10.0. The summed E-state index contributed by atoms with van der Waals surface area (Å²) in [5.74, 6) is 0.224. The van der Waals surface area contributed by atoms with E-state index in [0.717, 1.165) is 38.3 Å². The van der Waals surface area contributed by atoms with Crippen LogP contribution in [0.1, 0.15) is 11.1 Å². The molecule has 0 bridgehead atoms. The van der Waals surface area contributed by atoms with E-state index in [1.54, 1.807) is 0 Å². The number of amides is 1. The number of rotatable bonds is 6. The minimum absolute atomic E-state index is 0.224. The second-order valence-corrected chi connectivity index (χ2v) is 7.73. The number of carbonyl (C=O) groups excluding carboxylic acids is 1. The van der Waals surface area contributed by atoms with E-state index in [9.17, 15) is 4.79 Å². The molecule has 0 saturated carbocycles. The van der Waals surface area contributed by atoms with Crippen LogP contribution >= 0.6 is 0 Å². The maximum Gasteiger partial charge on any atom is 0.227 e. The van der Waals surface area contributed by atoms with E-state index in [2.05, 4.69) is 77.7 Å². The van der Waals surface area contributed by atoms with Gasteiger partial charge in [0.1, 0.15) is 0 Å². The molecule has 152 valence electrons. The molecule has 0 aliphatic carbocycles. The highest BCUT2D eigenvalue weighted by Crippen LogP contribution is 2.19. The van der Waals surface area contributed by atoms with Crippen molar-refractivity contribution < 1.29 is 4.79 Å². The molecule has 1 aliphatic heterocycles. The zero-order valence-corrected chi connectivity index (χ0v) is 17.3. The molecule has 1 fully saturated rings. The monoisotopic (exact) mass is 396 g/mol. The number of piperazine rings is 1. The van der Waals surface area contributed by atoms with Gasteiger partial charge in [-0.3, -0.25) is 9.69 Å². The van der Waals surface area contributed by atoms with E-state index in [4.69, 9.17) is 0 Å². The smallest absolute Gasteiger partial charge is 0.227 e. The Labute approximate surface area is 179 Å². The van der Waals surface area contributed by atoms with E-state index in [1.165, 1.54) is 16.7 Å². The van der Waals surface area contributed by atoms with Crippen molar-refractivity contribution in [3.05, 3.63) is 102 Å². The standard InChI is InChI=1S/C27H28N2O/c30-27(22-24-13-15-26(16-14-24)25-11-5-2-6-12-25)29-20-18-28(19-21-29)17-7-10-23-8-3-1-4-9-23/h1-16H,17-22H2. The van der Waals surface area contributed by atoms with Gasteiger partial charge < -0.3 is 4.90 Å². The quantitative estimate of drug-likeness (QED) is 0.600. The molecule has 1 aliphatic rings. The van der Waals surface area contributed by atoms with Gasteiger partial charge in [0, 0.05) is 32.7 Å². The van der Waals surface area contributed by atoms with Crippen LogP contribution in [-0.2, 0) is 11.2 Å². The van der Waals surface area contributed by atoms with Crippen molar-refractivity contribution in [3.63, 3.8) is 0 Å². The van der Waals surface area contributed by atoms with Gasteiger partial charge in [-0.25, -0.2) is 0 Å². The average molecular weight is 397 g/mol. The Morgan fingerprint density at radius 2 is 1.33 bits per heavy atom. The van der Waals surface area contributed by atoms with Gasteiger partial charge in [0.2, 0.25) is 5.91 Å². The molecule has 1 amide bonds. The maximum absolute atomic E-state index is 12.7. The molecule has 0 unspecified atom stereocenters. The molecule has 3 heteroatoms. The summed E-state index contributed by atoms with van der Waals surface area (Å²) in [4.78, 5) is 17.1. The Morgan fingerprint density at radius 1 is 0.733 bits per heavy atom. The van der Waals surface area contributed by atoms with Crippen LogP contribution in [0.5, 0.6) is 0 Å². The summed E-state index contributed by atoms with van der Waals surface area (Å²) in [5, 5.41) is 0. The SMILES string of the molecule is O=C(Cc1ccc(-c2ccccc2)cc1)N1CCN(CC=Cc2ccccc2)CC1. The van der Waals surface area contributed by atoms with Crippen LogP contribution in [0.15, 0.2) is 91.0 Å². The fourth-order valence-electron chi connectivity index (χ4n) is 3.81. The van der Waals surface area contributed by atoms with Crippen LogP contribution in [0.25, 0.3) is 17.2 Å². The second kappa shape index (κ2) is 10.0. The summed E-state index contributed by atoms with van der Waals surface area (Å²) in [6.07, 6.45) is 4.85. The molecular formula is C27H28N2O. The van der Waals surface area contributed by atoms with Crippen molar-refractivity contribution >= 4 is 12.0 Å². The highest BCUT2D eigenvalue weighted by molar-refractivity contribution is 5.79. The summed E-state index contributed by atoms with van der Waals surface area (Å²) in [7, 11) is 0. The molecule has 0 atom stereocenters. The molecule has 1 heterocycles. The molecule has 0 spiro atoms. The van der Waals surface area contributed by atoms with Gasteiger partial charge in [-0.2, -0.15) is 0 Å². The van der Waals surface area contributed by atoms with E-state index in [1.807, 2.05) is 29.2 Å². The molecule has 3 nitrogen and oxygen atoms in total. The molecule has 3 aromatic rings. The van der Waals surface area contributed by atoms with Crippen molar-refractivity contribution in [3.8, 4) is 11.1 Å². The lowest BCUT2D eigenvalue weighted by Crippen LogP contribution is -2.49. The number of nitrogens with zero attached hydrogens (tertiary/aromatic N) is 2. The summed E-state index contributed by atoms with van der Waals surface area (Å²) >= 11 is 0. The van der Waals surface area contributed by atoms with Crippen molar-refractivity contribution in [1.82, 2.24) is 9.80 Å². The molecule has 30 heavy (non-hydrogen) atoms. The molecule has 3 aromatic carbocycles. The Bertz CT molecular complexity index is 957. The second-order valence-electron chi connectivity index (χ2n) is 7.73.